The Labute approximate surface area is 121 Å². The summed E-state index contributed by atoms with van der Waals surface area (Å²) in [6.45, 7) is 2.19. The Hall–Kier alpha value is -1.31. The standard InChI is InChI=1S/C18H24O2/c1-2-6-14-7-9-15(10-8-14)20-17-13-16(19)18(17)11-4-3-5-12-18/h7-10,17H,2-6,11-13H2,1H3. The zero-order valence-electron chi connectivity index (χ0n) is 12.4. The minimum atomic E-state index is -0.139. The maximum atomic E-state index is 12.1. The van der Waals surface area contributed by atoms with Gasteiger partial charge in [0.1, 0.15) is 17.6 Å². The molecular formula is C18H24O2. The average Bonchev–Trinajstić information content (AvgIpc) is 2.50. The summed E-state index contributed by atoms with van der Waals surface area (Å²) < 4.78 is 6.13. The number of hydrogen-bond donors (Lipinski definition) is 0. The van der Waals surface area contributed by atoms with Crippen molar-refractivity contribution in [3.63, 3.8) is 0 Å². The molecular weight excluding hydrogens is 248 g/mol. The van der Waals surface area contributed by atoms with E-state index in [1.54, 1.807) is 0 Å². The van der Waals surface area contributed by atoms with Gasteiger partial charge in [0.2, 0.25) is 0 Å². The van der Waals surface area contributed by atoms with Crippen molar-refractivity contribution in [1.29, 1.82) is 0 Å². The van der Waals surface area contributed by atoms with Crippen LogP contribution in [0.5, 0.6) is 5.75 Å². The molecule has 0 saturated heterocycles. The zero-order chi connectivity index (χ0) is 14.0. The molecule has 0 radical (unpaired) electrons. The van der Waals surface area contributed by atoms with Crippen molar-refractivity contribution in [2.75, 3.05) is 0 Å². The van der Waals surface area contributed by atoms with Crippen LogP contribution in [0.3, 0.4) is 0 Å². The number of aryl methyl sites for hydroxylation is 1. The van der Waals surface area contributed by atoms with Gasteiger partial charge >= 0.3 is 0 Å². The Balaban J connectivity index is 1.66. The number of hydrogen-bond acceptors (Lipinski definition) is 2. The van der Waals surface area contributed by atoms with Gasteiger partial charge in [-0.25, -0.2) is 0 Å². The fourth-order valence-corrected chi connectivity index (χ4v) is 3.74. The molecule has 108 valence electrons. The SMILES string of the molecule is CCCc1ccc(OC2CC(=O)C23CCCCC3)cc1. The summed E-state index contributed by atoms with van der Waals surface area (Å²) in [6, 6.07) is 8.41. The normalized spacial score (nSPS) is 24.4. The van der Waals surface area contributed by atoms with Crippen LogP contribution in [0.15, 0.2) is 24.3 Å². The molecule has 1 unspecified atom stereocenters. The van der Waals surface area contributed by atoms with E-state index in [-0.39, 0.29) is 11.5 Å². The van der Waals surface area contributed by atoms with Crippen molar-refractivity contribution in [3.05, 3.63) is 29.8 Å². The lowest BCUT2D eigenvalue weighted by molar-refractivity contribution is -0.156. The number of ether oxygens (including phenoxy) is 1. The second-order valence-electron chi connectivity index (χ2n) is 6.34. The third-order valence-electron chi connectivity index (χ3n) is 5.03. The summed E-state index contributed by atoms with van der Waals surface area (Å²) in [7, 11) is 0. The predicted octanol–water partition coefficient (Wildman–Crippen LogP) is 4.31. The van der Waals surface area contributed by atoms with E-state index in [9.17, 15) is 4.79 Å². The van der Waals surface area contributed by atoms with Gasteiger partial charge in [-0.2, -0.15) is 0 Å². The first kappa shape index (κ1) is 13.7. The Bertz CT molecular complexity index is 469. The van der Waals surface area contributed by atoms with Gasteiger partial charge in [0.05, 0.1) is 5.41 Å². The van der Waals surface area contributed by atoms with Crippen LogP contribution in [0.4, 0.5) is 0 Å². The fraction of sp³-hybridized carbons (Fsp3) is 0.611. The van der Waals surface area contributed by atoms with E-state index in [0.29, 0.717) is 12.2 Å². The van der Waals surface area contributed by atoms with Crippen molar-refractivity contribution >= 4 is 5.78 Å². The van der Waals surface area contributed by atoms with Crippen LogP contribution in [0.1, 0.15) is 57.4 Å². The maximum Gasteiger partial charge on any atom is 0.146 e. The van der Waals surface area contributed by atoms with Crippen molar-refractivity contribution in [1.82, 2.24) is 0 Å². The first-order chi connectivity index (χ1) is 9.74. The first-order valence-electron chi connectivity index (χ1n) is 8.03. The summed E-state index contributed by atoms with van der Waals surface area (Å²) in [4.78, 5) is 12.1. The molecule has 1 spiro atoms. The number of rotatable bonds is 4. The number of carbonyl (C=O) groups is 1. The lowest BCUT2D eigenvalue weighted by atomic mass is 9.57. The van der Waals surface area contributed by atoms with Crippen LogP contribution in [0, 0.1) is 5.41 Å². The Morgan fingerprint density at radius 3 is 2.45 bits per heavy atom. The van der Waals surface area contributed by atoms with E-state index in [1.807, 2.05) is 0 Å². The van der Waals surface area contributed by atoms with Gasteiger partial charge in [0, 0.05) is 6.42 Å². The molecule has 1 atom stereocenters. The lowest BCUT2D eigenvalue weighted by Crippen LogP contribution is -2.57. The summed E-state index contributed by atoms with van der Waals surface area (Å²) in [5.41, 5.74) is 1.22. The maximum absolute atomic E-state index is 12.1. The highest BCUT2D eigenvalue weighted by Gasteiger charge is 2.56. The molecule has 1 aromatic carbocycles. The summed E-state index contributed by atoms with van der Waals surface area (Å²) >= 11 is 0. The smallest absolute Gasteiger partial charge is 0.146 e. The number of benzene rings is 1. The Kier molecular flexibility index (Phi) is 3.82. The topological polar surface area (TPSA) is 26.3 Å². The molecule has 2 aliphatic carbocycles. The van der Waals surface area contributed by atoms with Gasteiger partial charge in [0.15, 0.2) is 0 Å². The van der Waals surface area contributed by atoms with Crippen LogP contribution in [0.2, 0.25) is 0 Å². The molecule has 3 rings (SSSR count). The van der Waals surface area contributed by atoms with E-state index >= 15 is 0 Å². The van der Waals surface area contributed by atoms with E-state index in [2.05, 4.69) is 31.2 Å². The average molecular weight is 272 g/mol. The Morgan fingerprint density at radius 1 is 1.15 bits per heavy atom. The summed E-state index contributed by atoms with van der Waals surface area (Å²) in [6.07, 6.45) is 8.71. The Morgan fingerprint density at radius 2 is 1.85 bits per heavy atom. The van der Waals surface area contributed by atoms with Crippen LogP contribution in [-0.2, 0) is 11.2 Å². The predicted molar refractivity (Wildman–Crippen MR) is 80.0 cm³/mol. The van der Waals surface area contributed by atoms with Crippen LogP contribution >= 0.6 is 0 Å². The molecule has 2 saturated carbocycles. The van der Waals surface area contributed by atoms with Gasteiger partial charge in [-0.15, -0.1) is 0 Å². The molecule has 2 nitrogen and oxygen atoms in total. The number of Topliss-reactive ketones (excluding diaryl/α,β-unsaturated/α-hetero) is 1. The number of ketones is 1. The van der Waals surface area contributed by atoms with Crippen LogP contribution < -0.4 is 4.74 Å². The monoisotopic (exact) mass is 272 g/mol. The van der Waals surface area contributed by atoms with Crippen molar-refractivity contribution in [2.24, 2.45) is 5.41 Å². The summed E-state index contributed by atoms with van der Waals surface area (Å²) in [5, 5.41) is 0. The third kappa shape index (κ3) is 2.36. The minimum Gasteiger partial charge on any atom is -0.489 e. The van der Waals surface area contributed by atoms with E-state index in [1.165, 1.54) is 31.2 Å². The van der Waals surface area contributed by atoms with E-state index < -0.39 is 0 Å². The molecule has 2 fully saturated rings. The van der Waals surface area contributed by atoms with Crippen LogP contribution in [0.25, 0.3) is 0 Å². The first-order valence-corrected chi connectivity index (χ1v) is 8.03. The molecule has 0 heterocycles. The van der Waals surface area contributed by atoms with Crippen molar-refractivity contribution < 1.29 is 9.53 Å². The van der Waals surface area contributed by atoms with Gasteiger partial charge in [-0.3, -0.25) is 4.79 Å². The van der Waals surface area contributed by atoms with Crippen LogP contribution in [-0.4, -0.2) is 11.9 Å². The van der Waals surface area contributed by atoms with E-state index in [0.717, 1.165) is 25.0 Å². The zero-order valence-corrected chi connectivity index (χ0v) is 12.4. The van der Waals surface area contributed by atoms with Gasteiger partial charge in [-0.1, -0.05) is 44.7 Å². The van der Waals surface area contributed by atoms with E-state index in [4.69, 9.17) is 4.74 Å². The third-order valence-corrected chi connectivity index (χ3v) is 5.03. The molecule has 1 aromatic rings. The quantitative estimate of drug-likeness (QED) is 0.816. The highest BCUT2D eigenvalue weighted by molar-refractivity contribution is 5.92. The number of carbonyl (C=O) groups excluding carboxylic acids is 1. The van der Waals surface area contributed by atoms with Gasteiger partial charge in [-0.05, 0) is 37.0 Å². The minimum absolute atomic E-state index is 0.118. The van der Waals surface area contributed by atoms with Gasteiger partial charge < -0.3 is 4.74 Å². The summed E-state index contributed by atoms with van der Waals surface area (Å²) in [5.74, 6) is 1.36. The molecule has 20 heavy (non-hydrogen) atoms. The molecule has 0 aliphatic heterocycles. The molecule has 0 bridgehead atoms. The molecule has 0 amide bonds. The van der Waals surface area contributed by atoms with Gasteiger partial charge in [0.25, 0.3) is 0 Å². The lowest BCUT2D eigenvalue weighted by Gasteiger charge is -2.49. The second-order valence-corrected chi connectivity index (χ2v) is 6.34. The van der Waals surface area contributed by atoms with Crippen molar-refractivity contribution in [2.45, 2.75) is 64.4 Å². The molecule has 0 aromatic heterocycles. The largest absolute Gasteiger partial charge is 0.489 e. The van der Waals surface area contributed by atoms with Crippen molar-refractivity contribution in [3.8, 4) is 5.75 Å². The highest BCUT2D eigenvalue weighted by atomic mass is 16.5. The fourth-order valence-electron chi connectivity index (χ4n) is 3.74. The second kappa shape index (κ2) is 5.59. The molecule has 2 heteroatoms. The molecule has 0 N–H and O–H groups in total. The highest BCUT2D eigenvalue weighted by Crippen LogP contribution is 2.50. The molecule has 2 aliphatic rings.